The van der Waals surface area contributed by atoms with E-state index in [4.69, 9.17) is 17.9 Å². The molecule has 0 fully saturated rings. The highest BCUT2D eigenvalue weighted by atomic mass is 16.5. The van der Waals surface area contributed by atoms with Crippen molar-refractivity contribution in [3.05, 3.63) is 224 Å². The molecular weight excluding hydrogens is 769 g/mol. The second-order valence-electron chi connectivity index (χ2n) is 16.1. The number of hydrogen-bond acceptors (Lipinski definition) is 2. The average Bonchev–Trinajstić information content (AvgIpc) is 3.96. The van der Waals surface area contributed by atoms with Gasteiger partial charge in [0.2, 0.25) is 0 Å². The van der Waals surface area contributed by atoms with Gasteiger partial charge in [0, 0.05) is 23.0 Å². The molecule has 0 atom stereocenters. The lowest BCUT2D eigenvalue weighted by molar-refractivity contribution is -0.571. The number of rotatable bonds is 8. The van der Waals surface area contributed by atoms with E-state index in [0.29, 0.717) is 33.8 Å². The van der Waals surface area contributed by atoms with E-state index in [-0.39, 0.29) is 27.8 Å². The Bertz CT molecular complexity index is 4030. The minimum atomic E-state index is -0.683. The number of nitrogens with zero attached hydrogens (tertiary/aromatic N) is 4. The van der Waals surface area contributed by atoms with Gasteiger partial charge in [0.25, 0.3) is 6.33 Å². The predicted octanol–water partition coefficient (Wildman–Crippen LogP) is 14.3. The van der Waals surface area contributed by atoms with Crippen LogP contribution in [-0.4, -0.2) is 14.1 Å². The van der Waals surface area contributed by atoms with Gasteiger partial charge in [0.15, 0.2) is 0 Å². The van der Waals surface area contributed by atoms with Gasteiger partial charge in [-0.05, 0) is 105 Å². The van der Waals surface area contributed by atoms with E-state index in [1.165, 1.54) is 4.57 Å². The van der Waals surface area contributed by atoms with Gasteiger partial charge in [0.1, 0.15) is 17.3 Å². The molecular formula is C58H44N4O. The van der Waals surface area contributed by atoms with Crippen molar-refractivity contribution < 1.29 is 25.8 Å². The van der Waals surface area contributed by atoms with Crippen molar-refractivity contribution in [3.8, 4) is 62.1 Å². The molecule has 11 rings (SSSR count). The third-order valence-corrected chi connectivity index (χ3v) is 11.1. The Labute approximate surface area is 384 Å². The Morgan fingerprint density at radius 1 is 0.571 bits per heavy atom. The lowest BCUT2D eigenvalue weighted by Gasteiger charge is -2.20. The molecule has 5 heteroatoms. The first kappa shape index (κ1) is 27.0. The number of pyridine rings is 1. The van der Waals surface area contributed by atoms with Crippen molar-refractivity contribution in [1.29, 1.82) is 0 Å². The van der Waals surface area contributed by atoms with E-state index < -0.39 is 83.6 Å². The summed E-state index contributed by atoms with van der Waals surface area (Å²) in [6.45, 7) is 6.50. The van der Waals surface area contributed by atoms with Gasteiger partial charge >= 0.3 is 0 Å². The number of imidazole rings is 1. The molecule has 0 saturated heterocycles. The highest BCUT2D eigenvalue weighted by Gasteiger charge is 2.22. The molecule has 0 aliphatic rings. The second-order valence-corrected chi connectivity index (χ2v) is 16.1. The highest BCUT2D eigenvalue weighted by molar-refractivity contribution is 6.09. The lowest BCUT2D eigenvalue weighted by Crippen LogP contribution is -2.31. The summed E-state index contributed by atoms with van der Waals surface area (Å²) in [4.78, 5) is 4.82. The summed E-state index contributed by atoms with van der Waals surface area (Å²) < 4.78 is 121. The van der Waals surface area contributed by atoms with Gasteiger partial charge in [0.05, 0.1) is 49.9 Å². The maximum atomic E-state index is 10.0. The summed E-state index contributed by atoms with van der Waals surface area (Å²) in [6.07, 6.45) is 5.21. The minimum absolute atomic E-state index is 0.0644. The van der Waals surface area contributed by atoms with Gasteiger partial charge < -0.3 is 4.74 Å². The third kappa shape index (κ3) is 6.94. The molecule has 0 aliphatic carbocycles. The van der Waals surface area contributed by atoms with Crippen LogP contribution in [0, 0.1) is 6.33 Å². The largest absolute Gasteiger partial charge is 0.458 e. The van der Waals surface area contributed by atoms with E-state index in [1.807, 2.05) is 60.8 Å². The Kier molecular flexibility index (Phi) is 6.64. The molecule has 0 saturated carbocycles. The smallest absolute Gasteiger partial charge is 0.269 e. The maximum absolute atomic E-state index is 10.0. The van der Waals surface area contributed by atoms with E-state index in [2.05, 4.69) is 49.9 Å². The number of para-hydroxylation sites is 3. The minimum Gasteiger partial charge on any atom is -0.458 e. The van der Waals surface area contributed by atoms with Crippen molar-refractivity contribution in [2.24, 2.45) is 0 Å². The predicted molar refractivity (Wildman–Crippen MR) is 257 cm³/mol. The summed E-state index contributed by atoms with van der Waals surface area (Å²) in [5.41, 5.74) is 3.16. The highest BCUT2D eigenvalue weighted by Crippen LogP contribution is 2.40. The molecule has 0 unspecified atom stereocenters. The molecule has 3 heterocycles. The van der Waals surface area contributed by atoms with Crippen LogP contribution >= 0.6 is 0 Å². The molecule has 0 amide bonds. The second kappa shape index (κ2) is 15.5. The van der Waals surface area contributed by atoms with Gasteiger partial charge in [-0.1, -0.05) is 160 Å². The van der Waals surface area contributed by atoms with Crippen LogP contribution in [0.1, 0.15) is 42.8 Å². The first-order valence-corrected chi connectivity index (χ1v) is 20.5. The van der Waals surface area contributed by atoms with Gasteiger partial charge in [-0.3, -0.25) is 13.7 Å². The van der Waals surface area contributed by atoms with Gasteiger partial charge in [-0.25, -0.2) is 4.98 Å². The van der Waals surface area contributed by atoms with Crippen LogP contribution in [0.25, 0.3) is 83.4 Å². The molecule has 0 bridgehead atoms. The standard InChI is InChI=1S/C58H44N4O/c1-58(2,3)44-32-33-59-56(36-44)62-52-27-14-13-26-48(52)49-31-30-47(38-55(49)62)63-46-25-17-24-45(37-46)60-39-61(54-29-16-15-28-53(54)60)57-50(41-20-9-5-10-21-41)34-43(40-18-7-4-8-19-40)35-51(57)42-22-11-6-12-23-42/h4-38H,1-3H3/i5D,6D,9D,10D,11D,12D,20D,21D,22D,23D,34D,35D. The molecule has 302 valence electrons. The van der Waals surface area contributed by atoms with E-state index in [1.54, 1.807) is 65.2 Å². The summed E-state index contributed by atoms with van der Waals surface area (Å²) in [5.74, 6) is 1.77. The van der Waals surface area contributed by atoms with Crippen molar-refractivity contribution in [1.82, 2.24) is 14.1 Å². The summed E-state index contributed by atoms with van der Waals surface area (Å²) in [7, 11) is 0. The van der Waals surface area contributed by atoms with Crippen molar-refractivity contribution in [3.63, 3.8) is 0 Å². The van der Waals surface area contributed by atoms with E-state index in [0.717, 1.165) is 33.2 Å². The normalized spacial score (nSPS) is 14.4. The summed E-state index contributed by atoms with van der Waals surface area (Å²) >= 11 is 0. The molecule has 0 radical (unpaired) electrons. The van der Waals surface area contributed by atoms with E-state index >= 15 is 0 Å². The van der Waals surface area contributed by atoms with Gasteiger partial charge in [-0.2, -0.15) is 0 Å². The number of aromatic nitrogens is 4. The van der Waals surface area contributed by atoms with Crippen LogP contribution in [0.4, 0.5) is 0 Å². The Morgan fingerprint density at radius 3 is 1.95 bits per heavy atom. The van der Waals surface area contributed by atoms with Crippen LogP contribution in [-0.2, 0) is 5.41 Å². The SMILES string of the molecule is [2H]c1c([2H])c([2H])c(-c2c([2H])c(-c3ccccc3)c([2H])c(-c3c([2H])c([2H])c([2H])c([2H])c3[2H])c2-[n+]2[c-]n(-c3cccc(Oc4ccc5c6ccccc6n(-c6cc(C(C)(C)C)ccn6)c5c4)c3)c3ccccc32)c([2H])c1[2H]. The lowest BCUT2D eigenvalue weighted by atomic mass is 9.88. The number of fused-ring (bicyclic) bond motifs is 4. The first-order valence-electron chi connectivity index (χ1n) is 26.5. The number of hydrogen-bond donors (Lipinski definition) is 0. The Hall–Kier alpha value is -8.02. The topological polar surface area (TPSA) is 35.9 Å². The molecule has 63 heavy (non-hydrogen) atoms. The van der Waals surface area contributed by atoms with E-state index in [9.17, 15) is 8.22 Å². The molecule has 3 aromatic heterocycles. The fourth-order valence-corrected chi connectivity index (χ4v) is 8.12. The first-order chi connectivity index (χ1) is 35.9. The third-order valence-electron chi connectivity index (χ3n) is 11.1. The molecule has 0 N–H and O–H groups in total. The monoisotopic (exact) mass is 824 g/mol. The maximum Gasteiger partial charge on any atom is 0.269 e. The van der Waals surface area contributed by atoms with Crippen molar-refractivity contribution >= 4 is 32.8 Å². The van der Waals surface area contributed by atoms with Crippen LogP contribution in [0.2, 0.25) is 0 Å². The molecule has 11 aromatic rings. The zero-order chi connectivity index (χ0) is 52.9. The fraction of sp³-hybridized carbons (Fsp3) is 0.0690. The average molecular weight is 825 g/mol. The van der Waals surface area contributed by atoms with Gasteiger partial charge in [-0.15, -0.1) is 0 Å². The van der Waals surface area contributed by atoms with Crippen LogP contribution in [0.3, 0.4) is 0 Å². The molecule has 5 nitrogen and oxygen atoms in total. The quantitative estimate of drug-likeness (QED) is 0.113. The van der Waals surface area contributed by atoms with Crippen LogP contribution in [0.5, 0.6) is 11.5 Å². The molecule has 0 aliphatic heterocycles. The van der Waals surface area contributed by atoms with Crippen LogP contribution < -0.4 is 9.30 Å². The zero-order valence-electron chi connectivity index (χ0n) is 46.5. The van der Waals surface area contributed by atoms with Crippen molar-refractivity contribution in [2.45, 2.75) is 26.2 Å². The number of ether oxygens (including phenoxy) is 1. The number of benzene rings is 8. The fourth-order valence-electron chi connectivity index (χ4n) is 8.12. The molecule has 0 spiro atoms. The Morgan fingerprint density at radius 2 is 1.22 bits per heavy atom. The van der Waals surface area contributed by atoms with Crippen molar-refractivity contribution in [2.75, 3.05) is 0 Å². The summed E-state index contributed by atoms with van der Waals surface area (Å²) in [6, 6.07) is 33.5. The van der Waals surface area contributed by atoms with Crippen LogP contribution in [0.15, 0.2) is 212 Å². The summed E-state index contributed by atoms with van der Waals surface area (Å²) in [5, 5.41) is 2.07. The Balaban J connectivity index is 1.15. The molecule has 8 aromatic carbocycles. The zero-order valence-corrected chi connectivity index (χ0v) is 34.5.